The molecule has 1 aromatic heterocycles. The molecule has 0 radical (unpaired) electrons. The number of amides is 1. The molecule has 1 fully saturated rings. The first-order chi connectivity index (χ1) is 11.8. The number of carbonyl (C=O) groups is 1. The molecule has 0 saturated carbocycles. The fourth-order valence-electron chi connectivity index (χ4n) is 2.95. The molecule has 1 aliphatic heterocycles. The summed E-state index contributed by atoms with van der Waals surface area (Å²) in [5, 5.41) is 3.34. The van der Waals surface area contributed by atoms with Crippen LogP contribution in [0.1, 0.15) is 12.0 Å². The first kappa shape index (κ1) is 16.5. The van der Waals surface area contributed by atoms with Crippen molar-refractivity contribution < 1.29 is 4.79 Å². The van der Waals surface area contributed by atoms with Gasteiger partial charge in [-0.3, -0.25) is 9.78 Å². The quantitative estimate of drug-likeness (QED) is 0.913. The van der Waals surface area contributed by atoms with E-state index in [4.69, 9.17) is 0 Å². The van der Waals surface area contributed by atoms with Crippen molar-refractivity contribution in [1.29, 1.82) is 0 Å². The zero-order valence-electron chi connectivity index (χ0n) is 13.9. The van der Waals surface area contributed by atoms with Crippen molar-refractivity contribution in [2.45, 2.75) is 13.0 Å². The molecule has 0 atom stereocenters. The van der Waals surface area contributed by atoms with Crippen LogP contribution in [0.15, 0.2) is 54.9 Å². The Morgan fingerprint density at radius 2 is 2.00 bits per heavy atom. The van der Waals surface area contributed by atoms with E-state index in [-0.39, 0.29) is 5.91 Å². The van der Waals surface area contributed by atoms with E-state index in [1.165, 1.54) is 0 Å². The van der Waals surface area contributed by atoms with Crippen molar-refractivity contribution in [3.8, 4) is 0 Å². The zero-order chi connectivity index (χ0) is 16.6. The van der Waals surface area contributed by atoms with E-state index in [1.807, 2.05) is 53.6 Å². The van der Waals surface area contributed by atoms with E-state index in [1.54, 1.807) is 6.20 Å². The first-order valence-electron chi connectivity index (χ1n) is 8.50. The van der Waals surface area contributed by atoms with E-state index in [0.29, 0.717) is 13.1 Å². The maximum atomic E-state index is 12.8. The van der Waals surface area contributed by atoms with Gasteiger partial charge in [0.25, 0.3) is 0 Å². The number of anilines is 1. The molecular formula is C19H24N4O. The Bertz CT molecular complexity index is 624. The van der Waals surface area contributed by atoms with Crippen LogP contribution in [0.3, 0.4) is 0 Å². The fourth-order valence-corrected chi connectivity index (χ4v) is 2.95. The Hall–Kier alpha value is -2.40. The molecule has 0 aliphatic carbocycles. The molecule has 3 rings (SSSR count). The summed E-state index contributed by atoms with van der Waals surface area (Å²) in [4.78, 5) is 21.0. The van der Waals surface area contributed by atoms with E-state index in [9.17, 15) is 4.79 Å². The van der Waals surface area contributed by atoms with Gasteiger partial charge in [0.1, 0.15) is 0 Å². The number of hydrogen-bond donors (Lipinski definition) is 1. The SMILES string of the molecule is O=C(CN(Cc1cccnc1)c1ccccc1)N1CCCNCC1. The van der Waals surface area contributed by atoms with Crippen LogP contribution in [0, 0.1) is 0 Å². The second-order valence-electron chi connectivity index (χ2n) is 6.04. The molecule has 1 saturated heterocycles. The Morgan fingerprint density at radius 1 is 1.12 bits per heavy atom. The average molecular weight is 324 g/mol. The average Bonchev–Trinajstić information content (AvgIpc) is 2.92. The normalized spacial score (nSPS) is 14.9. The molecular weight excluding hydrogens is 300 g/mol. The number of para-hydroxylation sites is 1. The Labute approximate surface area is 143 Å². The molecule has 2 aromatic rings. The van der Waals surface area contributed by atoms with Crippen LogP contribution in [0.5, 0.6) is 0 Å². The standard InChI is InChI=1S/C19H24N4O/c24-19(22-12-5-10-20-11-13-22)16-23(18-7-2-1-3-8-18)15-17-6-4-9-21-14-17/h1-4,6-9,14,20H,5,10-13,15-16H2. The number of pyridine rings is 1. The highest BCUT2D eigenvalue weighted by molar-refractivity contribution is 5.81. The van der Waals surface area contributed by atoms with Gasteiger partial charge in [0, 0.05) is 44.3 Å². The number of rotatable bonds is 5. The van der Waals surface area contributed by atoms with Crippen LogP contribution in [0.25, 0.3) is 0 Å². The molecule has 1 amide bonds. The molecule has 0 unspecified atom stereocenters. The summed E-state index contributed by atoms with van der Waals surface area (Å²) in [5.74, 6) is 0.187. The van der Waals surface area contributed by atoms with E-state index < -0.39 is 0 Å². The topological polar surface area (TPSA) is 48.5 Å². The number of carbonyl (C=O) groups excluding carboxylic acids is 1. The van der Waals surface area contributed by atoms with Crippen LogP contribution >= 0.6 is 0 Å². The minimum Gasteiger partial charge on any atom is -0.358 e. The van der Waals surface area contributed by atoms with Gasteiger partial charge in [-0.2, -0.15) is 0 Å². The lowest BCUT2D eigenvalue weighted by molar-refractivity contribution is -0.129. The van der Waals surface area contributed by atoms with E-state index >= 15 is 0 Å². The second kappa shape index (κ2) is 8.45. The van der Waals surface area contributed by atoms with Gasteiger partial charge in [0.15, 0.2) is 0 Å². The third kappa shape index (κ3) is 4.55. The minimum absolute atomic E-state index is 0.187. The van der Waals surface area contributed by atoms with Gasteiger partial charge in [0.2, 0.25) is 5.91 Å². The van der Waals surface area contributed by atoms with Crippen LogP contribution in [-0.4, -0.2) is 48.5 Å². The summed E-state index contributed by atoms with van der Waals surface area (Å²) in [5.41, 5.74) is 2.16. The van der Waals surface area contributed by atoms with Gasteiger partial charge in [-0.15, -0.1) is 0 Å². The Morgan fingerprint density at radius 3 is 2.79 bits per heavy atom. The van der Waals surface area contributed by atoms with Crippen LogP contribution in [0.2, 0.25) is 0 Å². The van der Waals surface area contributed by atoms with Gasteiger partial charge in [-0.05, 0) is 36.7 Å². The maximum Gasteiger partial charge on any atom is 0.242 e. The third-order valence-corrected chi connectivity index (χ3v) is 4.24. The summed E-state index contributed by atoms with van der Waals surface area (Å²) in [7, 11) is 0. The number of nitrogens with zero attached hydrogens (tertiary/aromatic N) is 3. The first-order valence-corrected chi connectivity index (χ1v) is 8.50. The second-order valence-corrected chi connectivity index (χ2v) is 6.04. The van der Waals surface area contributed by atoms with Crippen molar-refractivity contribution in [2.75, 3.05) is 37.6 Å². The number of hydrogen-bond acceptors (Lipinski definition) is 4. The number of aromatic nitrogens is 1. The largest absolute Gasteiger partial charge is 0.358 e. The maximum absolute atomic E-state index is 12.8. The highest BCUT2D eigenvalue weighted by Gasteiger charge is 2.19. The van der Waals surface area contributed by atoms with Gasteiger partial charge in [-0.1, -0.05) is 24.3 Å². The van der Waals surface area contributed by atoms with E-state index in [2.05, 4.69) is 15.2 Å². The van der Waals surface area contributed by atoms with Crippen molar-refractivity contribution in [2.24, 2.45) is 0 Å². The van der Waals surface area contributed by atoms with Gasteiger partial charge >= 0.3 is 0 Å². The predicted octanol–water partition coefficient (Wildman–Crippen LogP) is 1.91. The molecule has 2 heterocycles. The van der Waals surface area contributed by atoms with Crippen LogP contribution < -0.4 is 10.2 Å². The van der Waals surface area contributed by atoms with Gasteiger partial charge < -0.3 is 15.1 Å². The summed E-state index contributed by atoms with van der Waals surface area (Å²) >= 11 is 0. The lowest BCUT2D eigenvalue weighted by atomic mass is 10.2. The van der Waals surface area contributed by atoms with E-state index in [0.717, 1.165) is 43.9 Å². The van der Waals surface area contributed by atoms with Crippen molar-refractivity contribution in [3.05, 3.63) is 60.4 Å². The summed E-state index contributed by atoms with van der Waals surface area (Å²) in [6.45, 7) is 4.55. The number of nitrogens with one attached hydrogen (secondary N) is 1. The molecule has 0 spiro atoms. The monoisotopic (exact) mass is 324 g/mol. The molecule has 0 bridgehead atoms. The van der Waals surface area contributed by atoms with Crippen LogP contribution in [-0.2, 0) is 11.3 Å². The third-order valence-electron chi connectivity index (χ3n) is 4.24. The highest BCUT2D eigenvalue weighted by Crippen LogP contribution is 2.17. The fraction of sp³-hybridized carbons (Fsp3) is 0.368. The van der Waals surface area contributed by atoms with Crippen LogP contribution in [0.4, 0.5) is 5.69 Å². The number of benzene rings is 1. The molecule has 1 N–H and O–H groups in total. The lowest BCUT2D eigenvalue weighted by Crippen LogP contribution is -2.41. The van der Waals surface area contributed by atoms with Gasteiger partial charge in [-0.25, -0.2) is 0 Å². The molecule has 5 heteroatoms. The zero-order valence-corrected chi connectivity index (χ0v) is 13.9. The minimum atomic E-state index is 0.187. The van der Waals surface area contributed by atoms with Crippen molar-refractivity contribution in [3.63, 3.8) is 0 Å². The highest BCUT2D eigenvalue weighted by atomic mass is 16.2. The van der Waals surface area contributed by atoms with Crippen molar-refractivity contribution in [1.82, 2.24) is 15.2 Å². The lowest BCUT2D eigenvalue weighted by Gasteiger charge is -2.28. The summed E-state index contributed by atoms with van der Waals surface area (Å²) in [6, 6.07) is 14.1. The van der Waals surface area contributed by atoms with Crippen molar-refractivity contribution >= 4 is 11.6 Å². The molecule has 24 heavy (non-hydrogen) atoms. The molecule has 1 aliphatic rings. The smallest absolute Gasteiger partial charge is 0.242 e. The molecule has 1 aromatic carbocycles. The Kier molecular flexibility index (Phi) is 5.80. The van der Waals surface area contributed by atoms with Gasteiger partial charge in [0.05, 0.1) is 6.54 Å². The molecule has 5 nitrogen and oxygen atoms in total. The predicted molar refractivity (Wildman–Crippen MR) is 95.8 cm³/mol. The Balaban J connectivity index is 1.73. The summed E-state index contributed by atoms with van der Waals surface area (Å²) < 4.78 is 0. The summed E-state index contributed by atoms with van der Waals surface area (Å²) in [6.07, 6.45) is 4.64. The molecule has 126 valence electrons.